The van der Waals surface area contributed by atoms with Crippen LogP contribution in [0.15, 0.2) is 16.7 Å². The zero-order chi connectivity index (χ0) is 15.5. The predicted octanol–water partition coefficient (Wildman–Crippen LogP) is 3.40. The average Bonchev–Trinajstić information content (AvgIpc) is 2.70. The first-order valence-corrected chi connectivity index (χ1v) is 7.73. The number of aryl methyl sites for hydroxylation is 2. The zero-order valence-electron chi connectivity index (χ0n) is 12.7. The molecule has 6 heteroatoms. The lowest BCUT2D eigenvalue weighted by Gasteiger charge is -2.12. The fraction of sp³-hybridized carbons (Fsp3) is 0.438. The summed E-state index contributed by atoms with van der Waals surface area (Å²) < 4.78 is 16.5. The number of hydrogen-bond donors (Lipinski definition) is 1. The van der Waals surface area contributed by atoms with Gasteiger partial charge in [-0.3, -0.25) is 0 Å². The number of ether oxygens (including phenoxy) is 2. The minimum absolute atomic E-state index is 0.591. The van der Waals surface area contributed by atoms with Gasteiger partial charge in [0, 0.05) is 25.1 Å². The Hall–Kier alpha value is -1.72. The van der Waals surface area contributed by atoms with Gasteiger partial charge in [-0.15, -0.1) is 0 Å². The summed E-state index contributed by atoms with van der Waals surface area (Å²) in [5.74, 6) is 2.22. The van der Waals surface area contributed by atoms with Gasteiger partial charge >= 0.3 is 0 Å². The highest BCUT2D eigenvalue weighted by molar-refractivity contribution is 6.32. The van der Waals surface area contributed by atoms with Crippen LogP contribution in [0.1, 0.15) is 29.0 Å². The van der Waals surface area contributed by atoms with Crippen molar-refractivity contribution < 1.29 is 14.0 Å². The highest BCUT2D eigenvalue weighted by Gasteiger charge is 2.15. The lowest BCUT2D eigenvalue weighted by molar-refractivity contribution is 0.297. The van der Waals surface area contributed by atoms with Crippen LogP contribution in [0, 0.1) is 13.8 Å². The van der Waals surface area contributed by atoms with Crippen LogP contribution in [-0.2, 0) is 13.1 Å². The number of aromatic nitrogens is 1. The molecule has 0 fully saturated rings. The number of fused-ring (bicyclic) bond motifs is 1. The molecule has 0 unspecified atom stereocenters. The Morgan fingerprint density at radius 3 is 2.77 bits per heavy atom. The number of nitrogens with one attached hydrogen (secondary N) is 1. The van der Waals surface area contributed by atoms with Crippen molar-refractivity contribution in [3.63, 3.8) is 0 Å². The fourth-order valence-corrected chi connectivity index (χ4v) is 2.76. The lowest BCUT2D eigenvalue weighted by atomic mass is 10.1. The van der Waals surface area contributed by atoms with Crippen LogP contribution in [0.4, 0.5) is 0 Å². The first-order chi connectivity index (χ1) is 10.6. The standard InChI is InChI=1S/C16H19ClN2O3/c1-10-13(11(2)22-19-10)9-18-8-12-6-14(17)16-15(7-12)20-4-3-5-21-16/h6-7,18H,3-5,8-9H2,1-2H3. The molecule has 0 atom stereocenters. The molecule has 0 aliphatic carbocycles. The summed E-state index contributed by atoms with van der Waals surface area (Å²) in [5, 5.41) is 7.92. The van der Waals surface area contributed by atoms with Crippen LogP contribution in [-0.4, -0.2) is 18.4 Å². The Morgan fingerprint density at radius 2 is 2.00 bits per heavy atom. The molecule has 0 saturated carbocycles. The van der Waals surface area contributed by atoms with Gasteiger partial charge in [-0.05, 0) is 31.5 Å². The van der Waals surface area contributed by atoms with Crippen LogP contribution >= 0.6 is 11.6 Å². The molecule has 0 spiro atoms. The molecule has 0 amide bonds. The van der Waals surface area contributed by atoms with Gasteiger partial charge in [0.15, 0.2) is 11.5 Å². The van der Waals surface area contributed by atoms with E-state index >= 15 is 0 Å². The number of nitrogens with zero attached hydrogens (tertiary/aromatic N) is 1. The third-order valence-electron chi connectivity index (χ3n) is 3.67. The first kappa shape index (κ1) is 15.2. The highest BCUT2D eigenvalue weighted by Crippen LogP contribution is 2.37. The maximum absolute atomic E-state index is 6.29. The second-order valence-electron chi connectivity index (χ2n) is 5.36. The quantitative estimate of drug-likeness (QED) is 0.935. The molecule has 1 aromatic heterocycles. The normalized spacial score (nSPS) is 14.0. The molecule has 22 heavy (non-hydrogen) atoms. The molecule has 1 aliphatic rings. The summed E-state index contributed by atoms with van der Waals surface area (Å²) in [6.07, 6.45) is 0.866. The van der Waals surface area contributed by atoms with E-state index in [1.807, 2.05) is 26.0 Å². The molecule has 0 saturated heterocycles. The molecule has 118 valence electrons. The highest BCUT2D eigenvalue weighted by atomic mass is 35.5. The van der Waals surface area contributed by atoms with E-state index in [1.54, 1.807) is 0 Å². The monoisotopic (exact) mass is 322 g/mol. The molecule has 1 aliphatic heterocycles. The summed E-state index contributed by atoms with van der Waals surface area (Å²) in [7, 11) is 0. The van der Waals surface area contributed by atoms with E-state index in [1.165, 1.54) is 0 Å². The minimum atomic E-state index is 0.591. The summed E-state index contributed by atoms with van der Waals surface area (Å²) in [4.78, 5) is 0. The molecule has 5 nitrogen and oxygen atoms in total. The van der Waals surface area contributed by atoms with Crippen molar-refractivity contribution in [1.82, 2.24) is 10.5 Å². The molecular weight excluding hydrogens is 304 g/mol. The number of hydrogen-bond acceptors (Lipinski definition) is 5. The number of halogens is 1. The Balaban J connectivity index is 1.68. The third kappa shape index (κ3) is 3.20. The van der Waals surface area contributed by atoms with E-state index in [-0.39, 0.29) is 0 Å². The largest absolute Gasteiger partial charge is 0.489 e. The maximum Gasteiger partial charge on any atom is 0.179 e. The summed E-state index contributed by atoms with van der Waals surface area (Å²) in [5.41, 5.74) is 3.07. The predicted molar refractivity (Wildman–Crippen MR) is 83.6 cm³/mol. The number of rotatable bonds is 4. The van der Waals surface area contributed by atoms with Gasteiger partial charge in [-0.2, -0.15) is 0 Å². The van der Waals surface area contributed by atoms with Crippen molar-refractivity contribution in [1.29, 1.82) is 0 Å². The summed E-state index contributed by atoms with van der Waals surface area (Å²) in [6, 6.07) is 3.89. The van der Waals surface area contributed by atoms with Gasteiger partial charge in [-0.25, -0.2) is 0 Å². The van der Waals surface area contributed by atoms with Gasteiger partial charge in [-0.1, -0.05) is 16.8 Å². The van der Waals surface area contributed by atoms with Gasteiger partial charge in [0.1, 0.15) is 5.76 Å². The second-order valence-corrected chi connectivity index (χ2v) is 5.77. The summed E-state index contributed by atoms with van der Waals surface area (Å²) >= 11 is 6.29. The molecule has 0 bridgehead atoms. The van der Waals surface area contributed by atoms with Crippen molar-refractivity contribution in [3.05, 3.63) is 39.7 Å². The van der Waals surface area contributed by atoms with Crippen LogP contribution in [0.3, 0.4) is 0 Å². The Labute approximate surface area is 134 Å². The van der Waals surface area contributed by atoms with Crippen LogP contribution in [0.25, 0.3) is 0 Å². The van der Waals surface area contributed by atoms with E-state index in [2.05, 4.69) is 10.5 Å². The third-order valence-corrected chi connectivity index (χ3v) is 3.95. The van der Waals surface area contributed by atoms with Crippen molar-refractivity contribution in [3.8, 4) is 11.5 Å². The number of benzene rings is 1. The average molecular weight is 323 g/mol. The van der Waals surface area contributed by atoms with E-state index in [0.717, 1.165) is 34.8 Å². The summed E-state index contributed by atoms with van der Waals surface area (Å²) in [6.45, 7) is 6.53. The van der Waals surface area contributed by atoms with E-state index < -0.39 is 0 Å². The molecular formula is C16H19ClN2O3. The Bertz CT molecular complexity index is 650. The van der Waals surface area contributed by atoms with E-state index in [4.69, 9.17) is 25.6 Å². The van der Waals surface area contributed by atoms with Crippen LogP contribution in [0.5, 0.6) is 11.5 Å². The van der Waals surface area contributed by atoms with Gasteiger partial charge in [0.2, 0.25) is 0 Å². The molecule has 2 heterocycles. The van der Waals surface area contributed by atoms with E-state index in [9.17, 15) is 0 Å². The molecule has 2 aromatic rings. The molecule has 1 N–H and O–H groups in total. The van der Waals surface area contributed by atoms with Crippen LogP contribution < -0.4 is 14.8 Å². The molecule has 0 radical (unpaired) electrons. The van der Waals surface area contributed by atoms with Gasteiger partial charge in [0.05, 0.1) is 23.9 Å². The topological polar surface area (TPSA) is 56.5 Å². The molecule has 1 aromatic carbocycles. The zero-order valence-corrected chi connectivity index (χ0v) is 13.5. The van der Waals surface area contributed by atoms with Crippen molar-refractivity contribution in [2.45, 2.75) is 33.4 Å². The van der Waals surface area contributed by atoms with Crippen molar-refractivity contribution >= 4 is 11.6 Å². The van der Waals surface area contributed by atoms with Crippen molar-refractivity contribution in [2.75, 3.05) is 13.2 Å². The fourth-order valence-electron chi connectivity index (χ4n) is 2.47. The second kappa shape index (κ2) is 6.58. The van der Waals surface area contributed by atoms with Gasteiger partial charge < -0.3 is 19.3 Å². The van der Waals surface area contributed by atoms with Crippen molar-refractivity contribution in [2.24, 2.45) is 0 Å². The smallest absolute Gasteiger partial charge is 0.179 e. The first-order valence-electron chi connectivity index (χ1n) is 7.35. The minimum Gasteiger partial charge on any atom is -0.489 e. The Morgan fingerprint density at radius 1 is 1.18 bits per heavy atom. The maximum atomic E-state index is 6.29. The molecule has 3 rings (SSSR count). The lowest BCUT2D eigenvalue weighted by Crippen LogP contribution is -2.13. The SMILES string of the molecule is Cc1noc(C)c1CNCc1cc(Cl)c2c(c1)OCCCO2. The van der Waals surface area contributed by atoms with Gasteiger partial charge in [0.25, 0.3) is 0 Å². The van der Waals surface area contributed by atoms with Crippen LogP contribution in [0.2, 0.25) is 5.02 Å². The van der Waals surface area contributed by atoms with E-state index in [0.29, 0.717) is 37.1 Å². The Kier molecular flexibility index (Phi) is 4.55.